The molecule has 1 aliphatic rings. The Balaban J connectivity index is 0.000000430. The Morgan fingerprint density at radius 1 is 0.941 bits per heavy atom. The van der Waals surface area contributed by atoms with Crippen LogP contribution in [0.15, 0.2) is 85.0 Å². The summed E-state index contributed by atoms with van der Waals surface area (Å²) in [6.07, 6.45) is 8.73. The minimum Gasteiger partial charge on any atom is -0.294 e. The Kier molecular flexibility index (Phi) is 11.1. The van der Waals surface area contributed by atoms with Gasteiger partial charge >= 0.3 is 0 Å². The van der Waals surface area contributed by atoms with E-state index in [2.05, 4.69) is 0 Å². The summed E-state index contributed by atoms with van der Waals surface area (Å²) in [4.78, 5) is 12.4. The van der Waals surface area contributed by atoms with E-state index in [1.165, 1.54) is 12.1 Å². The number of hydrogen-bond donors (Lipinski definition) is 0. The monoisotopic (exact) mass is 462 g/mol. The van der Waals surface area contributed by atoms with Gasteiger partial charge in [-0.3, -0.25) is 4.79 Å². The molecule has 0 radical (unpaired) electrons. The summed E-state index contributed by atoms with van der Waals surface area (Å²) in [5.74, 6) is -0.474. The lowest BCUT2D eigenvalue weighted by atomic mass is 9.95. The van der Waals surface area contributed by atoms with Gasteiger partial charge in [0.05, 0.1) is 0 Å². The molecule has 1 nitrogen and oxygen atoms in total. The third-order valence-electron chi connectivity index (χ3n) is 5.48. The molecule has 0 bridgehead atoms. The van der Waals surface area contributed by atoms with Crippen molar-refractivity contribution in [3.05, 3.63) is 124 Å². The Morgan fingerprint density at radius 2 is 1.65 bits per heavy atom. The van der Waals surface area contributed by atoms with Gasteiger partial charge in [-0.2, -0.15) is 0 Å². The number of halogens is 2. The van der Waals surface area contributed by atoms with Crippen LogP contribution in [0.25, 0.3) is 5.57 Å². The van der Waals surface area contributed by atoms with E-state index in [0.717, 1.165) is 35.1 Å². The molecule has 0 aromatic heterocycles. The van der Waals surface area contributed by atoms with Gasteiger partial charge in [0, 0.05) is 19.0 Å². The highest BCUT2D eigenvalue weighted by atomic mass is 19.1. The second kappa shape index (κ2) is 14.0. The summed E-state index contributed by atoms with van der Waals surface area (Å²) < 4.78 is 26.7. The van der Waals surface area contributed by atoms with Crippen LogP contribution in [0.1, 0.15) is 67.7 Å². The van der Waals surface area contributed by atoms with Crippen molar-refractivity contribution in [1.82, 2.24) is 0 Å². The van der Waals surface area contributed by atoms with Crippen molar-refractivity contribution in [2.75, 3.05) is 0 Å². The summed E-state index contributed by atoms with van der Waals surface area (Å²) in [6.45, 7) is 7.88. The van der Waals surface area contributed by atoms with Gasteiger partial charge < -0.3 is 0 Å². The van der Waals surface area contributed by atoms with Crippen molar-refractivity contribution in [1.29, 1.82) is 0 Å². The lowest BCUT2D eigenvalue weighted by Gasteiger charge is -2.10. The molecule has 0 fully saturated rings. The van der Waals surface area contributed by atoms with Gasteiger partial charge in [0.25, 0.3) is 0 Å². The van der Waals surface area contributed by atoms with Crippen molar-refractivity contribution in [3.63, 3.8) is 0 Å². The molecule has 3 aromatic carbocycles. The second-order valence-corrected chi connectivity index (χ2v) is 7.84. The average molecular weight is 463 g/mol. The fraction of sp³-hybridized carbons (Fsp3) is 0.258. The van der Waals surface area contributed by atoms with E-state index in [4.69, 9.17) is 0 Å². The van der Waals surface area contributed by atoms with E-state index in [-0.39, 0.29) is 18.8 Å². The van der Waals surface area contributed by atoms with E-state index in [1.54, 1.807) is 18.2 Å². The third-order valence-corrected chi connectivity index (χ3v) is 5.48. The van der Waals surface area contributed by atoms with E-state index < -0.39 is 0 Å². The first kappa shape index (κ1) is 26.9. The molecule has 0 aliphatic heterocycles. The maximum Gasteiger partial charge on any atom is 0.163 e. The summed E-state index contributed by atoms with van der Waals surface area (Å²) in [5.41, 5.74) is 4.97. The number of ketones is 1. The van der Waals surface area contributed by atoms with Gasteiger partial charge in [-0.05, 0) is 72.7 Å². The predicted octanol–water partition coefficient (Wildman–Crippen LogP) is 8.95. The highest BCUT2D eigenvalue weighted by Gasteiger charge is 2.15. The zero-order valence-electron chi connectivity index (χ0n) is 20.6. The number of Topliss-reactive ketones (excluding diaryl/α,β-unsaturated/α-hetero) is 1. The Hall–Kier alpha value is -3.33. The van der Waals surface area contributed by atoms with Gasteiger partial charge in [-0.1, -0.05) is 81.5 Å². The summed E-state index contributed by atoms with van der Waals surface area (Å²) in [6, 6.07) is 19.7. The van der Waals surface area contributed by atoms with Crippen LogP contribution in [0.5, 0.6) is 0 Å². The standard InChI is InChI=1S/C21H19FO.C8H9F.C2H6.H2/c1-15-13-19(17-9-5-6-10-17)20(22)14-18(15)21(23)12-11-16-7-3-2-4-8-16;1-2-7-4-3-5-8(9)6-7;1-2;/h2-5,7-10,13-14H,6,11-12H2,1H3;3-6H,2H2,1H3;1-2H3;1H. The first-order valence-electron chi connectivity index (χ1n) is 12.0. The molecule has 0 heterocycles. The van der Waals surface area contributed by atoms with Crippen molar-refractivity contribution < 1.29 is 15.0 Å². The molecule has 4 rings (SSSR count). The van der Waals surface area contributed by atoms with Crippen LogP contribution in [0, 0.1) is 18.6 Å². The van der Waals surface area contributed by atoms with E-state index in [0.29, 0.717) is 24.0 Å². The maximum absolute atomic E-state index is 14.4. The van der Waals surface area contributed by atoms with Gasteiger partial charge in [0.2, 0.25) is 0 Å². The lowest BCUT2D eigenvalue weighted by molar-refractivity contribution is 0.0982. The normalized spacial score (nSPS) is 11.6. The highest BCUT2D eigenvalue weighted by Crippen LogP contribution is 2.27. The molecule has 180 valence electrons. The molecule has 0 saturated carbocycles. The quantitative estimate of drug-likeness (QED) is 0.334. The van der Waals surface area contributed by atoms with E-state index in [1.807, 2.05) is 82.3 Å². The van der Waals surface area contributed by atoms with Crippen LogP contribution in [-0.4, -0.2) is 5.78 Å². The molecule has 3 heteroatoms. The summed E-state index contributed by atoms with van der Waals surface area (Å²) in [7, 11) is 0. The van der Waals surface area contributed by atoms with Crippen LogP contribution in [-0.2, 0) is 12.8 Å². The fourth-order valence-electron chi connectivity index (χ4n) is 3.66. The van der Waals surface area contributed by atoms with Crippen molar-refractivity contribution in [3.8, 4) is 0 Å². The van der Waals surface area contributed by atoms with E-state index >= 15 is 0 Å². The summed E-state index contributed by atoms with van der Waals surface area (Å²) >= 11 is 0. The van der Waals surface area contributed by atoms with Crippen molar-refractivity contribution in [2.45, 2.75) is 53.4 Å². The molecular weight excluding hydrogens is 426 g/mol. The first-order chi connectivity index (χ1) is 16.5. The van der Waals surface area contributed by atoms with Gasteiger partial charge in [0.15, 0.2) is 5.78 Å². The number of carbonyl (C=O) groups excluding carboxylic acids is 1. The first-order valence-corrected chi connectivity index (χ1v) is 12.0. The molecule has 34 heavy (non-hydrogen) atoms. The number of hydrogen-bond acceptors (Lipinski definition) is 1. The molecule has 3 aromatic rings. The lowest BCUT2D eigenvalue weighted by Crippen LogP contribution is -2.05. The zero-order valence-corrected chi connectivity index (χ0v) is 20.6. The molecular formula is C31H36F2O. The number of carbonyl (C=O) groups is 1. The van der Waals surface area contributed by atoms with Crippen LogP contribution < -0.4 is 0 Å². The van der Waals surface area contributed by atoms with E-state index in [9.17, 15) is 13.6 Å². The fourth-order valence-corrected chi connectivity index (χ4v) is 3.66. The third kappa shape index (κ3) is 7.91. The van der Waals surface area contributed by atoms with Gasteiger partial charge in [-0.15, -0.1) is 0 Å². The number of aryl methyl sites for hydroxylation is 3. The minimum absolute atomic E-state index is 0. The predicted molar refractivity (Wildman–Crippen MR) is 141 cm³/mol. The molecule has 0 saturated heterocycles. The molecule has 0 atom stereocenters. The van der Waals surface area contributed by atoms with Crippen LogP contribution in [0.3, 0.4) is 0 Å². The number of allylic oxidation sites excluding steroid dienone is 4. The Bertz CT molecular complexity index is 1130. The minimum atomic E-state index is -0.323. The second-order valence-electron chi connectivity index (χ2n) is 7.84. The molecule has 0 unspecified atom stereocenters. The SMILES string of the molecule is CC.CCc1cccc(F)c1.Cc1cc(C2=CCC=C2)c(F)cc1C(=O)CCc1ccccc1.[HH]. The molecule has 0 N–H and O–H groups in total. The van der Waals surface area contributed by atoms with Crippen LogP contribution in [0.4, 0.5) is 8.78 Å². The Labute approximate surface area is 204 Å². The molecule has 0 spiro atoms. The number of benzene rings is 3. The number of rotatable bonds is 6. The van der Waals surface area contributed by atoms with Crippen molar-refractivity contribution >= 4 is 11.4 Å². The molecule has 0 amide bonds. The summed E-state index contributed by atoms with van der Waals surface area (Å²) in [5, 5.41) is 0. The van der Waals surface area contributed by atoms with Gasteiger partial charge in [-0.25, -0.2) is 8.78 Å². The van der Waals surface area contributed by atoms with Gasteiger partial charge in [0.1, 0.15) is 11.6 Å². The Morgan fingerprint density at radius 3 is 2.24 bits per heavy atom. The van der Waals surface area contributed by atoms with Crippen molar-refractivity contribution in [2.24, 2.45) is 0 Å². The average Bonchev–Trinajstić information content (AvgIpc) is 3.41. The smallest absolute Gasteiger partial charge is 0.163 e. The molecule has 1 aliphatic carbocycles. The highest BCUT2D eigenvalue weighted by molar-refractivity contribution is 5.98. The van der Waals surface area contributed by atoms with Crippen LogP contribution >= 0.6 is 0 Å². The topological polar surface area (TPSA) is 17.1 Å². The van der Waals surface area contributed by atoms with Crippen LogP contribution in [0.2, 0.25) is 0 Å². The largest absolute Gasteiger partial charge is 0.294 e. The maximum atomic E-state index is 14.4. The zero-order chi connectivity index (χ0) is 24.9.